The second-order valence-electron chi connectivity index (χ2n) is 4.80. The molecule has 2 aromatic rings. The second-order valence-corrected chi connectivity index (χ2v) is 5.21. The molecular formula is C17H13ClF3NO2. The lowest BCUT2D eigenvalue weighted by Crippen LogP contribution is -2.11. The lowest BCUT2D eigenvalue weighted by atomic mass is 10.1. The molecule has 2 rings (SSSR count). The summed E-state index contributed by atoms with van der Waals surface area (Å²) in [5.74, 6) is 0.0815. The third-order valence-electron chi connectivity index (χ3n) is 3.05. The van der Waals surface area contributed by atoms with E-state index in [1.165, 1.54) is 31.4 Å². The highest BCUT2D eigenvalue weighted by Gasteiger charge is 2.21. The van der Waals surface area contributed by atoms with Crippen LogP contribution in [0.2, 0.25) is 5.02 Å². The van der Waals surface area contributed by atoms with Crippen LogP contribution in [0, 0.1) is 0 Å². The number of carbonyl (C=O) groups excluding carboxylic acids is 1. The SMILES string of the molecule is COc1ccc(NC(=O)c2ccc(/C=C/C(F)(F)F)cc2)cc1Cl. The Morgan fingerprint density at radius 1 is 1.17 bits per heavy atom. The Kier molecular flexibility index (Phi) is 5.51. The van der Waals surface area contributed by atoms with E-state index < -0.39 is 12.1 Å². The number of ether oxygens (including phenoxy) is 1. The number of benzene rings is 2. The Hall–Kier alpha value is -2.47. The van der Waals surface area contributed by atoms with Crippen molar-refractivity contribution in [3.05, 3.63) is 64.7 Å². The first-order valence-corrected chi connectivity index (χ1v) is 7.17. The highest BCUT2D eigenvalue weighted by atomic mass is 35.5. The number of alkyl halides is 3. The van der Waals surface area contributed by atoms with Crippen molar-refractivity contribution in [2.45, 2.75) is 6.18 Å². The highest BCUT2D eigenvalue weighted by Crippen LogP contribution is 2.27. The molecule has 0 unspecified atom stereocenters. The summed E-state index contributed by atoms with van der Waals surface area (Å²) in [6, 6.07) is 10.5. The van der Waals surface area contributed by atoms with Crippen molar-refractivity contribution in [2.24, 2.45) is 0 Å². The van der Waals surface area contributed by atoms with Crippen molar-refractivity contribution < 1.29 is 22.7 Å². The molecule has 0 spiro atoms. The molecule has 0 atom stereocenters. The van der Waals surface area contributed by atoms with Crippen molar-refractivity contribution in [2.75, 3.05) is 12.4 Å². The lowest BCUT2D eigenvalue weighted by molar-refractivity contribution is -0.0790. The van der Waals surface area contributed by atoms with Crippen LogP contribution in [0.15, 0.2) is 48.5 Å². The first-order valence-electron chi connectivity index (χ1n) is 6.79. The third kappa shape index (κ3) is 5.03. The number of nitrogens with one attached hydrogen (secondary N) is 1. The number of anilines is 1. The molecule has 0 aromatic heterocycles. The Bertz CT molecular complexity index is 755. The third-order valence-corrected chi connectivity index (χ3v) is 3.34. The molecule has 0 fully saturated rings. The van der Waals surface area contributed by atoms with Gasteiger partial charge in [0, 0.05) is 17.3 Å². The number of allylic oxidation sites excluding steroid dienone is 1. The molecule has 2 aromatic carbocycles. The average molecular weight is 356 g/mol. The fraction of sp³-hybridized carbons (Fsp3) is 0.118. The van der Waals surface area contributed by atoms with Gasteiger partial charge in [-0.15, -0.1) is 0 Å². The minimum absolute atomic E-state index is 0.140. The molecule has 0 saturated heterocycles. The zero-order valence-corrected chi connectivity index (χ0v) is 13.3. The van der Waals surface area contributed by atoms with Gasteiger partial charge in [-0.2, -0.15) is 13.2 Å². The number of carbonyl (C=O) groups is 1. The van der Waals surface area contributed by atoms with Gasteiger partial charge in [0.2, 0.25) is 0 Å². The standard InChI is InChI=1S/C17H13ClF3NO2/c1-24-15-7-6-13(10-14(15)18)22-16(23)12-4-2-11(3-5-12)8-9-17(19,20)21/h2-10H,1H3,(H,22,23)/b9-8+. The van der Waals surface area contributed by atoms with Crippen molar-refractivity contribution in [1.82, 2.24) is 0 Å². The number of amides is 1. The Labute approximate surface area is 141 Å². The van der Waals surface area contributed by atoms with E-state index in [2.05, 4.69) is 5.32 Å². The Morgan fingerprint density at radius 3 is 2.38 bits per heavy atom. The van der Waals surface area contributed by atoms with Crippen molar-refractivity contribution in [1.29, 1.82) is 0 Å². The monoisotopic (exact) mass is 355 g/mol. The van der Waals surface area contributed by atoms with Gasteiger partial charge >= 0.3 is 6.18 Å². The highest BCUT2D eigenvalue weighted by molar-refractivity contribution is 6.32. The summed E-state index contributed by atoms with van der Waals surface area (Å²) in [6.07, 6.45) is -3.30. The van der Waals surface area contributed by atoms with Crippen LogP contribution in [0.3, 0.4) is 0 Å². The van der Waals surface area contributed by atoms with E-state index >= 15 is 0 Å². The van der Waals surface area contributed by atoms with Crippen molar-refractivity contribution in [3.8, 4) is 5.75 Å². The number of rotatable bonds is 4. The maximum Gasteiger partial charge on any atom is 0.409 e. The van der Waals surface area contributed by atoms with Gasteiger partial charge in [-0.3, -0.25) is 4.79 Å². The van der Waals surface area contributed by atoms with Crippen LogP contribution >= 0.6 is 11.6 Å². The van der Waals surface area contributed by atoms with Gasteiger partial charge in [0.15, 0.2) is 0 Å². The molecule has 0 saturated carbocycles. The minimum Gasteiger partial charge on any atom is -0.495 e. The maximum atomic E-state index is 12.1. The summed E-state index contributed by atoms with van der Waals surface area (Å²) in [5.41, 5.74) is 1.13. The van der Waals surface area contributed by atoms with Gasteiger partial charge in [0.25, 0.3) is 5.91 Å². The van der Waals surface area contributed by atoms with Gasteiger partial charge < -0.3 is 10.1 Å². The molecule has 3 nitrogen and oxygen atoms in total. The van der Waals surface area contributed by atoms with E-state index in [9.17, 15) is 18.0 Å². The minimum atomic E-state index is -4.37. The molecule has 0 aliphatic carbocycles. The first-order chi connectivity index (χ1) is 11.3. The van der Waals surface area contributed by atoms with Gasteiger partial charge in [-0.05, 0) is 35.9 Å². The number of methoxy groups -OCH3 is 1. The van der Waals surface area contributed by atoms with Gasteiger partial charge in [-0.1, -0.05) is 29.8 Å². The fourth-order valence-electron chi connectivity index (χ4n) is 1.88. The molecule has 0 heterocycles. The predicted molar refractivity (Wildman–Crippen MR) is 87.5 cm³/mol. The molecule has 1 amide bonds. The lowest BCUT2D eigenvalue weighted by Gasteiger charge is -2.08. The first kappa shape index (κ1) is 17.9. The Morgan fingerprint density at radius 2 is 1.83 bits per heavy atom. The van der Waals surface area contributed by atoms with Crippen LogP contribution < -0.4 is 10.1 Å². The average Bonchev–Trinajstić information content (AvgIpc) is 2.53. The fourth-order valence-corrected chi connectivity index (χ4v) is 2.14. The van der Waals surface area contributed by atoms with Crippen LogP contribution in [0.1, 0.15) is 15.9 Å². The molecule has 0 bridgehead atoms. The zero-order valence-electron chi connectivity index (χ0n) is 12.5. The molecule has 126 valence electrons. The van der Waals surface area contributed by atoms with E-state index in [1.807, 2.05) is 0 Å². The van der Waals surface area contributed by atoms with Crippen LogP contribution in [-0.2, 0) is 0 Å². The van der Waals surface area contributed by atoms with E-state index in [0.717, 1.165) is 6.08 Å². The van der Waals surface area contributed by atoms with Crippen LogP contribution in [-0.4, -0.2) is 19.2 Å². The van der Waals surface area contributed by atoms with E-state index in [4.69, 9.17) is 16.3 Å². The topological polar surface area (TPSA) is 38.3 Å². The van der Waals surface area contributed by atoms with Gasteiger partial charge in [0.1, 0.15) is 5.75 Å². The molecule has 1 N–H and O–H groups in total. The quantitative estimate of drug-likeness (QED) is 0.821. The van der Waals surface area contributed by atoms with E-state index in [-0.39, 0.29) is 6.08 Å². The summed E-state index contributed by atoms with van der Waals surface area (Å²) < 4.78 is 41.3. The second kappa shape index (κ2) is 7.40. The van der Waals surface area contributed by atoms with Crippen molar-refractivity contribution in [3.63, 3.8) is 0 Å². The van der Waals surface area contributed by atoms with E-state index in [0.29, 0.717) is 27.6 Å². The molecule has 0 aliphatic heterocycles. The molecule has 0 aliphatic rings. The summed E-state index contributed by atoms with van der Waals surface area (Å²) in [6.45, 7) is 0. The van der Waals surface area contributed by atoms with Crippen LogP contribution in [0.5, 0.6) is 5.75 Å². The molecule has 0 radical (unpaired) electrons. The molecule has 7 heteroatoms. The summed E-state index contributed by atoms with van der Waals surface area (Å²) in [5, 5.41) is 3.00. The smallest absolute Gasteiger partial charge is 0.409 e. The summed E-state index contributed by atoms with van der Waals surface area (Å²) in [4.78, 5) is 12.1. The number of halogens is 4. The largest absolute Gasteiger partial charge is 0.495 e. The molecular weight excluding hydrogens is 343 g/mol. The van der Waals surface area contributed by atoms with Gasteiger partial charge in [0.05, 0.1) is 12.1 Å². The van der Waals surface area contributed by atoms with Crippen LogP contribution in [0.25, 0.3) is 6.08 Å². The maximum absolute atomic E-state index is 12.1. The van der Waals surface area contributed by atoms with Crippen molar-refractivity contribution >= 4 is 29.3 Å². The summed E-state index contributed by atoms with van der Waals surface area (Å²) in [7, 11) is 1.48. The number of hydrogen-bond acceptors (Lipinski definition) is 2. The number of hydrogen-bond donors (Lipinski definition) is 1. The zero-order chi connectivity index (χ0) is 17.7. The van der Waals surface area contributed by atoms with E-state index in [1.54, 1.807) is 18.2 Å². The van der Waals surface area contributed by atoms with Gasteiger partial charge in [-0.25, -0.2) is 0 Å². The predicted octanol–water partition coefficient (Wildman–Crippen LogP) is 5.18. The summed E-state index contributed by atoms with van der Waals surface area (Å²) >= 11 is 5.98. The normalized spacial score (nSPS) is 11.5. The van der Waals surface area contributed by atoms with Crippen LogP contribution in [0.4, 0.5) is 18.9 Å². The Balaban J connectivity index is 2.07. The molecule has 24 heavy (non-hydrogen) atoms.